The minimum absolute atomic E-state index is 0.116. The number of hydrogen-bond acceptors (Lipinski definition) is 5. The van der Waals surface area contributed by atoms with E-state index in [-0.39, 0.29) is 12.5 Å². The second-order valence-electron chi connectivity index (χ2n) is 6.72. The Bertz CT molecular complexity index is 873. The molecule has 0 aliphatic carbocycles. The zero-order valence-electron chi connectivity index (χ0n) is 15.0. The van der Waals surface area contributed by atoms with Crippen LogP contribution in [0.25, 0.3) is 0 Å². The molecule has 0 radical (unpaired) electrons. The fraction of sp³-hybridized carbons (Fsp3) is 0.389. The number of hydrogen-bond donors (Lipinski definition) is 0. The van der Waals surface area contributed by atoms with Crippen molar-refractivity contribution >= 4 is 29.5 Å². The minimum Gasteiger partial charge on any atom is -0.314 e. The van der Waals surface area contributed by atoms with Crippen LogP contribution < -0.4 is 0 Å². The summed E-state index contributed by atoms with van der Waals surface area (Å²) in [5.41, 5.74) is 1.22. The standard InChI is InChI=1S/C18H19ClFN5O2/c1-11-9-24-14-15(21-17(24)23(11)8-7-19)22(2)18(27)25(16(14)26)10-12-5-3-4-6-13(12)20/h3-6,9,14-15H,7-8,10H2,1-2H3. The van der Waals surface area contributed by atoms with Gasteiger partial charge in [0.25, 0.3) is 5.91 Å². The highest BCUT2D eigenvalue weighted by molar-refractivity contribution is 6.18. The fourth-order valence-electron chi connectivity index (χ4n) is 3.71. The summed E-state index contributed by atoms with van der Waals surface area (Å²) in [5.74, 6) is 0.192. The number of imide groups is 1. The number of urea groups is 1. The highest BCUT2D eigenvalue weighted by atomic mass is 35.5. The number of aliphatic imine (C=N–C) groups is 1. The predicted octanol–water partition coefficient (Wildman–Crippen LogP) is 2.00. The van der Waals surface area contributed by atoms with Gasteiger partial charge in [0.05, 0.1) is 6.54 Å². The van der Waals surface area contributed by atoms with Crippen LogP contribution in [0, 0.1) is 5.82 Å². The lowest BCUT2D eigenvalue weighted by Crippen LogP contribution is -2.63. The number of alkyl halides is 1. The van der Waals surface area contributed by atoms with E-state index in [4.69, 9.17) is 11.6 Å². The van der Waals surface area contributed by atoms with Gasteiger partial charge in [0, 0.05) is 36.9 Å². The van der Waals surface area contributed by atoms with Crippen molar-refractivity contribution in [3.63, 3.8) is 0 Å². The molecule has 4 rings (SSSR count). The molecular formula is C18H19ClFN5O2. The highest BCUT2D eigenvalue weighted by Gasteiger charge is 2.54. The Labute approximate surface area is 161 Å². The average Bonchev–Trinajstić information content (AvgIpc) is 3.15. The summed E-state index contributed by atoms with van der Waals surface area (Å²) in [6.45, 7) is 2.36. The van der Waals surface area contributed by atoms with Crippen molar-refractivity contribution in [2.45, 2.75) is 25.7 Å². The van der Waals surface area contributed by atoms with Crippen LogP contribution in [-0.4, -0.2) is 69.2 Å². The van der Waals surface area contributed by atoms with E-state index in [9.17, 15) is 14.0 Å². The molecule has 3 aliphatic rings. The molecule has 1 aromatic rings. The monoisotopic (exact) mass is 391 g/mol. The molecule has 0 aromatic heterocycles. The van der Waals surface area contributed by atoms with Gasteiger partial charge >= 0.3 is 6.03 Å². The maximum absolute atomic E-state index is 14.0. The molecule has 0 bridgehead atoms. The predicted molar refractivity (Wildman–Crippen MR) is 98.1 cm³/mol. The first kappa shape index (κ1) is 17.8. The number of carbonyl (C=O) groups is 2. The summed E-state index contributed by atoms with van der Waals surface area (Å²) in [5, 5.41) is 0. The van der Waals surface area contributed by atoms with Crippen molar-refractivity contribution in [2.75, 3.05) is 19.5 Å². The number of amides is 3. The number of rotatable bonds is 4. The minimum atomic E-state index is -0.662. The van der Waals surface area contributed by atoms with E-state index in [1.54, 1.807) is 30.1 Å². The highest BCUT2D eigenvalue weighted by Crippen LogP contribution is 2.34. The number of fused-ring (bicyclic) bond motifs is 3. The third-order valence-corrected chi connectivity index (χ3v) is 5.27. The topological polar surface area (TPSA) is 59.5 Å². The molecule has 0 spiro atoms. The third-order valence-electron chi connectivity index (χ3n) is 5.10. The van der Waals surface area contributed by atoms with Crippen LogP contribution in [0.15, 0.2) is 41.2 Å². The number of guanidine groups is 1. The summed E-state index contributed by atoms with van der Waals surface area (Å²) in [7, 11) is 1.61. The van der Waals surface area contributed by atoms with Crippen LogP contribution in [0.3, 0.4) is 0 Å². The maximum atomic E-state index is 14.0. The Kier molecular flexibility index (Phi) is 4.30. The third kappa shape index (κ3) is 2.66. The lowest BCUT2D eigenvalue weighted by molar-refractivity contribution is -0.137. The molecule has 1 fully saturated rings. The Morgan fingerprint density at radius 2 is 1.96 bits per heavy atom. The lowest BCUT2D eigenvalue weighted by atomic mass is 10.1. The van der Waals surface area contributed by atoms with Gasteiger partial charge in [-0.25, -0.2) is 14.2 Å². The van der Waals surface area contributed by atoms with Crippen LogP contribution in [0.5, 0.6) is 0 Å². The maximum Gasteiger partial charge on any atom is 0.328 e. The van der Waals surface area contributed by atoms with Gasteiger partial charge in [0.15, 0.2) is 12.2 Å². The van der Waals surface area contributed by atoms with Crippen molar-refractivity contribution in [1.82, 2.24) is 19.6 Å². The number of benzene rings is 1. The van der Waals surface area contributed by atoms with E-state index in [1.165, 1.54) is 11.0 Å². The van der Waals surface area contributed by atoms with E-state index in [0.29, 0.717) is 23.9 Å². The van der Waals surface area contributed by atoms with Gasteiger partial charge in [0.1, 0.15) is 5.82 Å². The van der Waals surface area contributed by atoms with Gasteiger partial charge in [-0.1, -0.05) is 18.2 Å². The molecule has 142 valence electrons. The van der Waals surface area contributed by atoms with Gasteiger partial charge in [-0.15, -0.1) is 11.6 Å². The molecule has 3 aliphatic heterocycles. The van der Waals surface area contributed by atoms with Crippen molar-refractivity contribution in [1.29, 1.82) is 0 Å². The quantitative estimate of drug-likeness (QED) is 0.737. The first-order chi connectivity index (χ1) is 12.9. The second-order valence-corrected chi connectivity index (χ2v) is 7.09. The van der Waals surface area contributed by atoms with Crippen molar-refractivity contribution in [3.8, 4) is 0 Å². The van der Waals surface area contributed by atoms with Gasteiger partial charge in [-0.05, 0) is 13.0 Å². The second kappa shape index (κ2) is 6.53. The number of allylic oxidation sites excluding steroid dienone is 1. The lowest BCUT2D eigenvalue weighted by Gasteiger charge is -2.40. The van der Waals surface area contributed by atoms with Gasteiger partial charge < -0.3 is 14.7 Å². The van der Waals surface area contributed by atoms with Gasteiger partial charge in [0.2, 0.25) is 5.96 Å². The van der Waals surface area contributed by atoms with Crippen molar-refractivity contribution in [3.05, 3.63) is 47.5 Å². The first-order valence-electron chi connectivity index (χ1n) is 8.63. The van der Waals surface area contributed by atoms with Gasteiger partial charge in [-0.3, -0.25) is 9.69 Å². The molecule has 0 saturated carbocycles. The molecule has 1 saturated heterocycles. The normalized spacial score (nSPS) is 24.3. The molecule has 2 unspecified atom stereocenters. The smallest absolute Gasteiger partial charge is 0.314 e. The van der Waals surface area contributed by atoms with Crippen molar-refractivity contribution < 1.29 is 14.0 Å². The van der Waals surface area contributed by atoms with Crippen LogP contribution in [-0.2, 0) is 11.3 Å². The molecule has 3 amide bonds. The number of likely N-dealkylation sites (N-methyl/N-ethyl adjacent to an activating group) is 1. The molecule has 27 heavy (non-hydrogen) atoms. The molecular weight excluding hydrogens is 373 g/mol. The molecule has 2 atom stereocenters. The number of halogens is 2. The SMILES string of the molecule is CC1=CN2C(=NC3C2C(=O)N(Cc2ccccc2F)C(=O)N3C)N1CCCl. The number of nitrogens with zero attached hydrogens (tertiary/aromatic N) is 5. The van der Waals surface area contributed by atoms with Gasteiger partial charge in [-0.2, -0.15) is 0 Å². The molecule has 0 N–H and O–H groups in total. The molecule has 7 nitrogen and oxygen atoms in total. The average molecular weight is 392 g/mol. The molecule has 9 heteroatoms. The summed E-state index contributed by atoms with van der Waals surface area (Å²) < 4.78 is 14.0. The van der Waals surface area contributed by atoms with Crippen LogP contribution in [0.2, 0.25) is 0 Å². The molecule has 1 aromatic carbocycles. The summed E-state index contributed by atoms with van der Waals surface area (Å²) in [4.78, 5) is 36.8. The Morgan fingerprint density at radius 3 is 2.67 bits per heavy atom. The van der Waals surface area contributed by atoms with Crippen LogP contribution >= 0.6 is 11.6 Å². The summed E-state index contributed by atoms with van der Waals surface area (Å²) >= 11 is 5.88. The Hall–Kier alpha value is -2.61. The summed E-state index contributed by atoms with van der Waals surface area (Å²) in [6.07, 6.45) is 1.23. The van der Waals surface area contributed by atoms with E-state index in [0.717, 1.165) is 10.6 Å². The molecule has 3 heterocycles. The van der Waals surface area contributed by atoms with Crippen molar-refractivity contribution in [2.24, 2.45) is 4.99 Å². The zero-order valence-corrected chi connectivity index (χ0v) is 15.7. The van der Waals surface area contributed by atoms with E-state index < -0.39 is 24.1 Å². The van der Waals surface area contributed by atoms with Crippen LogP contribution in [0.1, 0.15) is 12.5 Å². The zero-order chi connectivity index (χ0) is 19.3. The fourth-order valence-corrected chi connectivity index (χ4v) is 3.87. The Balaban J connectivity index is 1.65. The summed E-state index contributed by atoms with van der Waals surface area (Å²) in [6, 6.07) is 4.98. The van der Waals surface area contributed by atoms with Crippen LogP contribution in [0.4, 0.5) is 9.18 Å². The van der Waals surface area contributed by atoms with E-state index >= 15 is 0 Å². The Morgan fingerprint density at radius 1 is 1.22 bits per heavy atom. The largest absolute Gasteiger partial charge is 0.328 e. The van der Waals surface area contributed by atoms with E-state index in [2.05, 4.69) is 4.99 Å². The van der Waals surface area contributed by atoms with E-state index in [1.807, 2.05) is 18.0 Å². The first-order valence-corrected chi connectivity index (χ1v) is 9.17. The number of carbonyl (C=O) groups excluding carboxylic acids is 2.